The summed E-state index contributed by atoms with van der Waals surface area (Å²) in [5.41, 5.74) is 1.50. The van der Waals surface area contributed by atoms with E-state index in [4.69, 9.17) is 0 Å². The molecule has 22 heavy (non-hydrogen) atoms. The molecule has 1 unspecified atom stereocenters. The van der Waals surface area contributed by atoms with Crippen molar-refractivity contribution in [3.63, 3.8) is 0 Å². The Morgan fingerprint density at radius 1 is 1.00 bits per heavy atom. The van der Waals surface area contributed by atoms with E-state index in [1.54, 1.807) is 5.57 Å². The first-order chi connectivity index (χ1) is 10.3. The van der Waals surface area contributed by atoms with Crippen LogP contribution in [-0.2, 0) is 0 Å². The maximum absolute atomic E-state index is 10.9. The van der Waals surface area contributed by atoms with Gasteiger partial charge in [0, 0.05) is 0 Å². The molecule has 0 heterocycles. The van der Waals surface area contributed by atoms with E-state index in [1.807, 2.05) is 0 Å². The molecule has 0 radical (unpaired) electrons. The summed E-state index contributed by atoms with van der Waals surface area (Å²) in [7, 11) is 0. The van der Waals surface area contributed by atoms with E-state index >= 15 is 0 Å². The van der Waals surface area contributed by atoms with E-state index in [0.717, 1.165) is 37.5 Å². The average Bonchev–Trinajstić information content (AvgIpc) is 2.70. The predicted octanol–water partition coefficient (Wildman–Crippen LogP) is 4.06. The minimum Gasteiger partial charge on any atom is -0.393 e. The third-order valence-electron chi connectivity index (χ3n) is 8.64. The van der Waals surface area contributed by atoms with Gasteiger partial charge in [-0.15, -0.1) is 0 Å². The highest BCUT2D eigenvalue weighted by molar-refractivity contribution is 5.26. The van der Waals surface area contributed by atoms with Crippen LogP contribution < -0.4 is 0 Å². The quantitative estimate of drug-likeness (QED) is 0.663. The van der Waals surface area contributed by atoms with Gasteiger partial charge in [0.1, 0.15) is 0 Å². The van der Waals surface area contributed by atoms with Crippen LogP contribution in [0.4, 0.5) is 0 Å². The van der Waals surface area contributed by atoms with Crippen molar-refractivity contribution in [2.75, 3.05) is 0 Å². The summed E-state index contributed by atoms with van der Waals surface area (Å²) in [5.74, 6) is 2.20. The molecule has 0 aromatic heterocycles. The largest absolute Gasteiger partial charge is 0.393 e. The van der Waals surface area contributed by atoms with Gasteiger partial charge in [0.15, 0.2) is 0 Å². The van der Waals surface area contributed by atoms with E-state index < -0.39 is 5.60 Å². The third-order valence-corrected chi connectivity index (χ3v) is 8.64. The lowest BCUT2D eigenvalue weighted by Crippen LogP contribution is -2.53. The van der Waals surface area contributed by atoms with Crippen molar-refractivity contribution >= 4 is 0 Å². The molecule has 0 saturated heterocycles. The molecule has 4 rings (SSSR count). The molecule has 4 aliphatic carbocycles. The first-order valence-corrected chi connectivity index (χ1v) is 9.38. The van der Waals surface area contributed by atoms with Crippen LogP contribution in [0.5, 0.6) is 0 Å². The first-order valence-electron chi connectivity index (χ1n) is 9.38. The fourth-order valence-electron chi connectivity index (χ4n) is 6.89. The monoisotopic (exact) mass is 304 g/mol. The second-order valence-electron chi connectivity index (χ2n) is 9.42. The van der Waals surface area contributed by atoms with E-state index in [-0.39, 0.29) is 11.5 Å². The number of hydrogen-bond donors (Lipinski definition) is 2. The summed E-state index contributed by atoms with van der Waals surface area (Å²) in [6, 6.07) is 0. The van der Waals surface area contributed by atoms with Crippen molar-refractivity contribution in [1.82, 2.24) is 0 Å². The Hall–Kier alpha value is -0.340. The van der Waals surface area contributed by atoms with Crippen LogP contribution in [0.3, 0.4) is 0 Å². The molecule has 124 valence electrons. The molecule has 2 N–H and O–H groups in total. The summed E-state index contributed by atoms with van der Waals surface area (Å²) in [4.78, 5) is 0. The van der Waals surface area contributed by atoms with Gasteiger partial charge in [-0.3, -0.25) is 0 Å². The summed E-state index contributed by atoms with van der Waals surface area (Å²) < 4.78 is 0. The van der Waals surface area contributed by atoms with Crippen molar-refractivity contribution in [2.45, 2.75) is 83.8 Å². The lowest BCUT2D eigenvalue weighted by molar-refractivity contribution is -0.115. The van der Waals surface area contributed by atoms with Crippen molar-refractivity contribution in [3.05, 3.63) is 11.6 Å². The molecule has 3 fully saturated rings. The first kappa shape index (κ1) is 15.2. The number of fused-ring (bicyclic) bond motifs is 5. The molecule has 2 heteroatoms. The predicted molar refractivity (Wildman–Crippen MR) is 88.3 cm³/mol. The van der Waals surface area contributed by atoms with Crippen LogP contribution in [0.2, 0.25) is 0 Å². The maximum atomic E-state index is 10.9. The summed E-state index contributed by atoms with van der Waals surface area (Å²) in [6.45, 7) is 6.90. The fourth-order valence-corrected chi connectivity index (χ4v) is 6.89. The zero-order valence-electron chi connectivity index (χ0n) is 14.4. The smallest absolute Gasteiger partial charge is 0.0675 e. The van der Waals surface area contributed by atoms with Gasteiger partial charge < -0.3 is 10.2 Å². The van der Waals surface area contributed by atoms with E-state index in [9.17, 15) is 10.2 Å². The van der Waals surface area contributed by atoms with Crippen LogP contribution >= 0.6 is 0 Å². The van der Waals surface area contributed by atoms with Gasteiger partial charge in [0.25, 0.3) is 0 Å². The number of rotatable bonds is 0. The van der Waals surface area contributed by atoms with Gasteiger partial charge in [-0.05, 0) is 86.9 Å². The lowest BCUT2D eigenvalue weighted by Gasteiger charge is -2.58. The van der Waals surface area contributed by atoms with Gasteiger partial charge >= 0.3 is 0 Å². The lowest BCUT2D eigenvalue weighted by atomic mass is 9.47. The molecule has 4 aliphatic rings. The van der Waals surface area contributed by atoms with Crippen molar-refractivity contribution in [1.29, 1.82) is 0 Å². The van der Waals surface area contributed by atoms with Crippen LogP contribution in [0.15, 0.2) is 11.6 Å². The van der Waals surface area contributed by atoms with Crippen LogP contribution in [-0.4, -0.2) is 21.9 Å². The molecular weight excluding hydrogens is 272 g/mol. The Balaban J connectivity index is 1.69. The van der Waals surface area contributed by atoms with Crippen molar-refractivity contribution < 1.29 is 10.2 Å². The van der Waals surface area contributed by atoms with Gasteiger partial charge in [-0.1, -0.05) is 25.5 Å². The molecule has 0 spiro atoms. The molecule has 2 nitrogen and oxygen atoms in total. The average molecular weight is 304 g/mol. The van der Waals surface area contributed by atoms with Gasteiger partial charge in [0.2, 0.25) is 0 Å². The Morgan fingerprint density at radius 2 is 1.73 bits per heavy atom. The van der Waals surface area contributed by atoms with Crippen LogP contribution in [0.1, 0.15) is 72.1 Å². The van der Waals surface area contributed by atoms with Crippen molar-refractivity contribution in [2.24, 2.45) is 28.6 Å². The van der Waals surface area contributed by atoms with Crippen molar-refractivity contribution in [3.8, 4) is 0 Å². The summed E-state index contributed by atoms with van der Waals surface area (Å²) in [6.07, 6.45) is 11.2. The molecule has 3 saturated carbocycles. The number of aliphatic hydroxyl groups is 2. The Bertz CT molecular complexity index is 508. The minimum absolute atomic E-state index is 0.114. The Morgan fingerprint density at radius 3 is 2.50 bits per heavy atom. The highest BCUT2D eigenvalue weighted by atomic mass is 16.3. The highest BCUT2D eigenvalue weighted by Crippen LogP contribution is 2.66. The molecule has 0 amide bonds. The molecule has 0 aliphatic heterocycles. The summed E-state index contributed by atoms with van der Waals surface area (Å²) in [5, 5.41) is 21.0. The third kappa shape index (κ3) is 1.80. The highest BCUT2D eigenvalue weighted by Gasteiger charge is 2.61. The number of aliphatic hydroxyl groups excluding tert-OH is 1. The zero-order valence-corrected chi connectivity index (χ0v) is 14.4. The Kier molecular flexibility index (Phi) is 3.18. The van der Waals surface area contributed by atoms with Gasteiger partial charge in [-0.25, -0.2) is 0 Å². The molecule has 7 atom stereocenters. The SMILES string of the molecule is C[C@]12CC[C@H](O)CC1=CCC1[C@@H]2CC[C@@]2(C)[C@H]1CC[C@]2(C)O. The topological polar surface area (TPSA) is 40.5 Å². The van der Waals surface area contributed by atoms with Crippen LogP contribution in [0, 0.1) is 28.6 Å². The number of hydrogen-bond acceptors (Lipinski definition) is 2. The molecule has 0 aromatic carbocycles. The number of allylic oxidation sites excluding steroid dienone is 1. The molecule has 0 aromatic rings. The van der Waals surface area contributed by atoms with Gasteiger partial charge in [0.05, 0.1) is 11.7 Å². The van der Waals surface area contributed by atoms with E-state index in [2.05, 4.69) is 26.8 Å². The zero-order chi connectivity index (χ0) is 15.8. The maximum Gasteiger partial charge on any atom is 0.0675 e. The van der Waals surface area contributed by atoms with Gasteiger partial charge in [-0.2, -0.15) is 0 Å². The molecular formula is C20H32O2. The fraction of sp³-hybridized carbons (Fsp3) is 0.900. The van der Waals surface area contributed by atoms with Crippen LogP contribution in [0.25, 0.3) is 0 Å². The minimum atomic E-state index is -0.476. The molecule has 0 bridgehead atoms. The summed E-state index contributed by atoms with van der Waals surface area (Å²) >= 11 is 0. The van der Waals surface area contributed by atoms with E-state index in [1.165, 1.54) is 25.7 Å². The van der Waals surface area contributed by atoms with E-state index in [0.29, 0.717) is 11.3 Å². The Labute approximate surface area is 135 Å². The standard InChI is InChI=1S/C20H32O2/c1-18-9-6-14(21)12-13(18)4-5-15-16(18)7-10-19(2)17(15)8-11-20(19,3)22/h4,14-17,21-22H,5-12H2,1-3H3/t14-,15?,16-,17-,18-,19-,20-/m0/s1. The second-order valence-corrected chi connectivity index (χ2v) is 9.42. The normalized spacial score (nSPS) is 57.6. The second kappa shape index (κ2) is 4.60.